The van der Waals surface area contributed by atoms with Gasteiger partial charge in [0.15, 0.2) is 0 Å². The molecule has 1 unspecified atom stereocenters. The Morgan fingerprint density at radius 3 is 2.78 bits per heavy atom. The van der Waals surface area contributed by atoms with Crippen LogP contribution in [-0.2, 0) is 16.6 Å². The maximum Gasteiger partial charge on any atom is 0.141 e. The van der Waals surface area contributed by atoms with Gasteiger partial charge in [-0.2, -0.15) is 0 Å². The van der Waals surface area contributed by atoms with E-state index in [1.165, 1.54) is 12.3 Å². The number of nitrogen functional groups attached to an aromatic ring is 1. The summed E-state index contributed by atoms with van der Waals surface area (Å²) in [5.74, 6) is -0.287. The molecule has 2 N–H and O–H groups in total. The Hall–Kier alpha value is -1.46. The lowest BCUT2D eigenvalue weighted by atomic mass is 10.3. The zero-order valence-electron chi connectivity index (χ0n) is 9.27. The summed E-state index contributed by atoms with van der Waals surface area (Å²) in [6.07, 6.45) is 2.58. The molecule has 0 bridgehead atoms. The molecule has 0 spiro atoms. The van der Waals surface area contributed by atoms with E-state index in [4.69, 9.17) is 17.3 Å². The second kappa shape index (κ2) is 5.46. The second-order valence-corrected chi connectivity index (χ2v) is 5.54. The third kappa shape index (κ3) is 3.05. The van der Waals surface area contributed by atoms with Gasteiger partial charge in [0.1, 0.15) is 5.82 Å². The molecule has 1 heterocycles. The van der Waals surface area contributed by atoms with Crippen LogP contribution in [0.4, 0.5) is 10.1 Å². The number of hydrogen-bond acceptors (Lipinski definition) is 3. The predicted molar refractivity (Wildman–Crippen MR) is 70.2 cm³/mol. The SMILES string of the molecule is Nc1cc(Cl)ccc1S(=O)Cc1cncc(F)c1. The number of rotatable bonds is 3. The van der Waals surface area contributed by atoms with Gasteiger partial charge in [-0.15, -0.1) is 0 Å². The van der Waals surface area contributed by atoms with Crippen LogP contribution in [0.2, 0.25) is 5.02 Å². The third-order valence-corrected chi connectivity index (χ3v) is 3.97. The summed E-state index contributed by atoms with van der Waals surface area (Å²) in [6, 6.07) is 6.07. The van der Waals surface area contributed by atoms with Crippen molar-refractivity contribution in [1.82, 2.24) is 4.98 Å². The maximum atomic E-state index is 12.9. The molecule has 1 atom stereocenters. The lowest BCUT2D eigenvalue weighted by Crippen LogP contribution is -2.01. The Morgan fingerprint density at radius 1 is 1.33 bits per heavy atom. The molecule has 2 aromatic rings. The second-order valence-electron chi connectivity index (χ2n) is 3.68. The van der Waals surface area contributed by atoms with Gasteiger partial charge in [0, 0.05) is 16.9 Å². The summed E-state index contributed by atoms with van der Waals surface area (Å²) in [7, 11) is -1.35. The predicted octanol–water partition coefficient (Wildman–Crippen LogP) is 2.76. The number of nitrogens with two attached hydrogens (primary N) is 1. The van der Waals surface area contributed by atoms with E-state index in [1.54, 1.807) is 18.2 Å². The first-order valence-corrected chi connectivity index (χ1v) is 6.79. The van der Waals surface area contributed by atoms with Crippen molar-refractivity contribution in [3.8, 4) is 0 Å². The molecule has 0 saturated carbocycles. The van der Waals surface area contributed by atoms with Crippen LogP contribution < -0.4 is 5.73 Å². The molecular formula is C12H10ClFN2OS. The number of nitrogens with zero attached hydrogens (tertiary/aromatic N) is 1. The first kappa shape index (κ1) is 13.0. The minimum atomic E-state index is -1.35. The highest BCUT2D eigenvalue weighted by atomic mass is 35.5. The van der Waals surface area contributed by atoms with Crippen LogP contribution in [0, 0.1) is 5.82 Å². The molecule has 18 heavy (non-hydrogen) atoms. The fraction of sp³-hybridized carbons (Fsp3) is 0.0833. The van der Waals surface area contributed by atoms with E-state index in [9.17, 15) is 8.60 Å². The average molecular weight is 285 g/mol. The standard InChI is InChI=1S/C12H10ClFN2OS/c13-9-1-2-12(11(15)4-9)18(17)7-8-3-10(14)6-16-5-8/h1-6H,7,15H2. The van der Waals surface area contributed by atoms with Gasteiger partial charge in [0.05, 0.1) is 27.6 Å². The lowest BCUT2D eigenvalue weighted by Gasteiger charge is -2.06. The fourth-order valence-electron chi connectivity index (χ4n) is 1.49. The van der Waals surface area contributed by atoms with Gasteiger partial charge in [-0.25, -0.2) is 4.39 Å². The van der Waals surface area contributed by atoms with Gasteiger partial charge >= 0.3 is 0 Å². The van der Waals surface area contributed by atoms with Crippen LogP contribution in [0.3, 0.4) is 0 Å². The van der Waals surface area contributed by atoms with Gasteiger partial charge < -0.3 is 5.73 Å². The quantitative estimate of drug-likeness (QED) is 0.882. The highest BCUT2D eigenvalue weighted by Crippen LogP contribution is 2.22. The fourth-order valence-corrected chi connectivity index (χ4v) is 2.83. The molecule has 1 aromatic heterocycles. The molecule has 2 rings (SSSR count). The Balaban J connectivity index is 2.22. The van der Waals surface area contributed by atoms with Crippen LogP contribution in [-0.4, -0.2) is 9.19 Å². The molecule has 0 radical (unpaired) electrons. The monoisotopic (exact) mass is 284 g/mol. The Labute approximate surface area is 111 Å². The van der Waals surface area contributed by atoms with E-state index in [0.29, 0.717) is 21.2 Å². The number of aromatic nitrogens is 1. The summed E-state index contributed by atoms with van der Waals surface area (Å²) in [4.78, 5) is 4.20. The van der Waals surface area contributed by atoms with Gasteiger partial charge in [0.2, 0.25) is 0 Å². The molecule has 0 saturated heterocycles. The van der Waals surface area contributed by atoms with Crippen molar-refractivity contribution in [3.05, 3.63) is 53.1 Å². The van der Waals surface area contributed by atoms with Crippen LogP contribution in [0.1, 0.15) is 5.56 Å². The highest BCUT2D eigenvalue weighted by molar-refractivity contribution is 7.84. The van der Waals surface area contributed by atoms with Crippen LogP contribution >= 0.6 is 11.6 Å². The Morgan fingerprint density at radius 2 is 2.11 bits per heavy atom. The van der Waals surface area contributed by atoms with E-state index in [-0.39, 0.29) is 5.75 Å². The van der Waals surface area contributed by atoms with Crippen LogP contribution in [0.5, 0.6) is 0 Å². The number of benzene rings is 1. The van der Waals surface area contributed by atoms with Crippen molar-refractivity contribution < 1.29 is 8.60 Å². The number of hydrogen-bond donors (Lipinski definition) is 1. The number of anilines is 1. The summed E-state index contributed by atoms with van der Waals surface area (Å²) in [5, 5.41) is 0.487. The van der Waals surface area contributed by atoms with Gasteiger partial charge in [0.25, 0.3) is 0 Å². The topological polar surface area (TPSA) is 56.0 Å². The third-order valence-electron chi connectivity index (χ3n) is 2.28. The molecule has 3 nitrogen and oxygen atoms in total. The summed E-state index contributed by atoms with van der Waals surface area (Å²) < 4.78 is 25.0. The molecule has 0 aliphatic carbocycles. The molecule has 6 heteroatoms. The zero-order valence-corrected chi connectivity index (χ0v) is 10.8. The Kier molecular flexibility index (Phi) is 3.93. The van der Waals surface area contributed by atoms with Crippen molar-refractivity contribution >= 4 is 28.1 Å². The molecule has 0 aliphatic rings. The van der Waals surface area contributed by atoms with E-state index in [0.717, 1.165) is 6.20 Å². The van der Waals surface area contributed by atoms with E-state index in [2.05, 4.69) is 4.98 Å². The smallest absolute Gasteiger partial charge is 0.141 e. The molecule has 0 aliphatic heterocycles. The zero-order chi connectivity index (χ0) is 13.1. The first-order valence-electron chi connectivity index (χ1n) is 5.09. The number of pyridine rings is 1. The van der Waals surface area contributed by atoms with Crippen LogP contribution in [0.15, 0.2) is 41.6 Å². The molecule has 1 aromatic carbocycles. The summed E-state index contributed by atoms with van der Waals surface area (Å²) in [6.45, 7) is 0. The first-order chi connectivity index (χ1) is 8.56. The summed E-state index contributed by atoms with van der Waals surface area (Å²) in [5.41, 5.74) is 6.66. The van der Waals surface area contributed by atoms with Crippen molar-refractivity contribution in [2.24, 2.45) is 0 Å². The van der Waals surface area contributed by atoms with Crippen molar-refractivity contribution in [3.63, 3.8) is 0 Å². The number of halogens is 2. The minimum Gasteiger partial charge on any atom is -0.398 e. The average Bonchev–Trinajstić information content (AvgIpc) is 2.28. The largest absolute Gasteiger partial charge is 0.398 e. The van der Waals surface area contributed by atoms with E-state index in [1.807, 2.05) is 0 Å². The normalized spacial score (nSPS) is 12.3. The van der Waals surface area contributed by atoms with Gasteiger partial charge in [-0.1, -0.05) is 11.6 Å². The molecule has 0 amide bonds. The molecule has 94 valence electrons. The summed E-state index contributed by atoms with van der Waals surface area (Å²) >= 11 is 5.76. The van der Waals surface area contributed by atoms with Crippen LogP contribution in [0.25, 0.3) is 0 Å². The van der Waals surface area contributed by atoms with Crippen molar-refractivity contribution in [2.45, 2.75) is 10.6 Å². The molecule has 0 fully saturated rings. The maximum absolute atomic E-state index is 12.9. The van der Waals surface area contributed by atoms with E-state index >= 15 is 0 Å². The van der Waals surface area contributed by atoms with Crippen molar-refractivity contribution in [2.75, 3.05) is 5.73 Å². The molecular weight excluding hydrogens is 275 g/mol. The van der Waals surface area contributed by atoms with Gasteiger partial charge in [-0.05, 0) is 29.8 Å². The van der Waals surface area contributed by atoms with E-state index < -0.39 is 16.6 Å². The lowest BCUT2D eigenvalue weighted by molar-refractivity contribution is 0.619. The Bertz CT molecular complexity index is 606. The van der Waals surface area contributed by atoms with Crippen molar-refractivity contribution in [1.29, 1.82) is 0 Å². The minimum absolute atomic E-state index is 0.163. The van der Waals surface area contributed by atoms with Gasteiger partial charge in [-0.3, -0.25) is 9.19 Å². The highest BCUT2D eigenvalue weighted by Gasteiger charge is 2.10.